The first-order chi connectivity index (χ1) is 15.9. The molecule has 34 heavy (non-hydrogen) atoms. The second-order valence-electron chi connectivity index (χ2n) is 8.05. The van der Waals surface area contributed by atoms with Gasteiger partial charge < -0.3 is 14.4 Å². The van der Waals surface area contributed by atoms with E-state index in [4.69, 9.17) is 9.47 Å². The summed E-state index contributed by atoms with van der Waals surface area (Å²) < 4.78 is 50.0. The number of fused-ring (bicyclic) bond motifs is 1. The van der Waals surface area contributed by atoms with E-state index in [-0.39, 0.29) is 12.4 Å². The maximum absolute atomic E-state index is 12.8. The number of hydrazone groups is 1. The van der Waals surface area contributed by atoms with Crippen molar-refractivity contribution in [1.29, 1.82) is 0 Å². The third-order valence-corrected chi connectivity index (χ3v) is 5.69. The molecule has 1 saturated heterocycles. The molecule has 0 amide bonds. The Kier molecular flexibility index (Phi) is 8.73. The molecular formula is C23H29ClF3N5O2. The summed E-state index contributed by atoms with van der Waals surface area (Å²) in [4.78, 5) is 2.47. The SMILES string of the molecule is COc1cc2c(cc1OCCCN1CCCCC1)N(Nc1ccc(C(F)(F)F)cc1)NN=C2.Cl. The smallest absolute Gasteiger partial charge is 0.416 e. The summed E-state index contributed by atoms with van der Waals surface area (Å²) >= 11 is 0. The van der Waals surface area contributed by atoms with E-state index in [9.17, 15) is 13.2 Å². The minimum absolute atomic E-state index is 0. The van der Waals surface area contributed by atoms with E-state index in [1.165, 1.54) is 36.5 Å². The van der Waals surface area contributed by atoms with Gasteiger partial charge in [0.15, 0.2) is 11.5 Å². The predicted molar refractivity (Wildman–Crippen MR) is 129 cm³/mol. The Morgan fingerprint density at radius 1 is 1.06 bits per heavy atom. The number of nitrogens with zero attached hydrogens (tertiary/aromatic N) is 3. The van der Waals surface area contributed by atoms with Crippen LogP contribution in [-0.4, -0.2) is 44.5 Å². The van der Waals surface area contributed by atoms with Crippen molar-refractivity contribution in [2.75, 3.05) is 43.9 Å². The summed E-state index contributed by atoms with van der Waals surface area (Å²) in [5.74, 6) is 1.18. The monoisotopic (exact) mass is 499 g/mol. The Hall–Kier alpha value is -2.85. The number of piperidine rings is 1. The van der Waals surface area contributed by atoms with Gasteiger partial charge in [0, 0.05) is 18.2 Å². The van der Waals surface area contributed by atoms with E-state index < -0.39 is 11.7 Å². The van der Waals surface area contributed by atoms with E-state index in [0.717, 1.165) is 43.8 Å². The van der Waals surface area contributed by atoms with Gasteiger partial charge in [0.05, 0.1) is 36.9 Å². The Morgan fingerprint density at radius 2 is 1.79 bits per heavy atom. The molecule has 2 N–H and O–H groups in total. The van der Waals surface area contributed by atoms with Gasteiger partial charge in [-0.25, -0.2) is 0 Å². The van der Waals surface area contributed by atoms with Crippen LogP contribution >= 0.6 is 12.4 Å². The van der Waals surface area contributed by atoms with Crippen molar-refractivity contribution in [1.82, 2.24) is 10.4 Å². The average Bonchev–Trinajstić information content (AvgIpc) is 2.82. The Balaban J connectivity index is 0.00000324. The number of hydrogen-bond donors (Lipinski definition) is 2. The third-order valence-electron chi connectivity index (χ3n) is 5.69. The summed E-state index contributed by atoms with van der Waals surface area (Å²) in [6.07, 6.45) is 2.01. The van der Waals surface area contributed by atoms with Gasteiger partial charge in [0.2, 0.25) is 0 Å². The van der Waals surface area contributed by atoms with Crippen molar-refractivity contribution < 1.29 is 22.6 Å². The van der Waals surface area contributed by atoms with Crippen LogP contribution in [0.4, 0.5) is 24.5 Å². The molecule has 2 aliphatic rings. The zero-order valence-electron chi connectivity index (χ0n) is 18.9. The molecule has 0 aromatic heterocycles. The largest absolute Gasteiger partial charge is 0.493 e. The number of hydrazine groups is 2. The Labute approximate surface area is 203 Å². The number of ether oxygens (including phenoxy) is 2. The van der Waals surface area contributed by atoms with Crippen LogP contribution in [0.5, 0.6) is 11.5 Å². The number of likely N-dealkylation sites (tertiary alicyclic amines) is 1. The maximum atomic E-state index is 12.8. The maximum Gasteiger partial charge on any atom is 0.416 e. The van der Waals surface area contributed by atoms with Gasteiger partial charge >= 0.3 is 6.18 Å². The molecule has 0 saturated carbocycles. The zero-order chi connectivity index (χ0) is 23.3. The lowest BCUT2D eigenvalue weighted by Gasteiger charge is -2.30. The van der Waals surface area contributed by atoms with Gasteiger partial charge in [-0.3, -0.25) is 5.43 Å². The van der Waals surface area contributed by atoms with Gasteiger partial charge in [0.1, 0.15) is 0 Å². The number of benzene rings is 2. The Bertz CT molecular complexity index is 966. The van der Waals surface area contributed by atoms with Crippen molar-refractivity contribution in [2.24, 2.45) is 5.10 Å². The Morgan fingerprint density at radius 3 is 2.47 bits per heavy atom. The summed E-state index contributed by atoms with van der Waals surface area (Å²) in [5.41, 5.74) is 7.08. The lowest BCUT2D eigenvalue weighted by Crippen LogP contribution is -2.42. The molecule has 7 nitrogen and oxygen atoms in total. The average molecular weight is 500 g/mol. The highest BCUT2D eigenvalue weighted by atomic mass is 35.5. The van der Waals surface area contributed by atoms with E-state index >= 15 is 0 Å². The quantitative estimate of drug-likeness (QED) is 0.494. The number of halogens is 4. The van der Waals surface area contributed by atoms with Gasteiger partial charge in [-0.15, -0.1) is 12.4 Å². The van der Waals surface area contributed by atoms with Crippen molar-refractivity contribution in [3.05, 3.63) is 47.5 Å². The first kappa shape index (κ1) is 25.8. The molecule has 2 aromatic carbocycles. The van der Waals surface area contributed by atoms with E-state index in [2.05, 4.69) is 21.0 Å². The molecule has 0 bridgehead atoms. The number of nitrogens with one attached hydrogen (secondary N) is 2. The van der Waals surface area contributed by atoms with Crippen LogP contribution in [0, 0.1) is 0 Å². The van der Waals surface area contributed by atoms with Crippen LogP contribution in [0.1, 0.15) is 36.8 Å². The van der Waals surface area contributed by atoms with Crippen LogP contribution in [0.25, 0.3) is 0 Å². The summed E-state index contributed by atoms with van der Waals surface area (Å²) in [6.45, 7) is 3.86. The highest BCUT2D eigenvalue weighted by Crippen LogP contribution is 2.36. The molecule has 2 aromatic rings. The minimum atomic E-state index is -4.38. The molecule has 2 heterocycles. The lowest BCUT2D eigenvalue weighted by atomic mass is 10.1. The highest BCUT2D eigenvalue weighted by Gasteiger charge is 2.30. The van der Waals surface area contributed by atoms with E-state index in [1.54, 1.807) is 13.3 Å². The molecule has 11 heteroatoms. The third kappa shape index (κ3) is 6.38. The summed E-state index contributed by atoms with van der Waals surface area (Å²) in [6, 6.07) is 8.43. The highest BCUT2D eigenvalue weighted by molar-refractivity contribution is 5.91. The van der Waals surface area contributed by atoms with Crippen molar-refractivity contribution >= 4 is 30.0 Å². The number of hydrogen-bond acceptors (Lipinski definition) is 7. The number of rotatable bonds is 8. The summed E-state index contributed by atoms with van der Waals surface area (Å²) in [7, 11) is 1.58. The second-order valence-corrected chi connectivity index (χ2v) is 8.05. The van der Waals surface area contributed by atoms with E-state index in [1.807, 2.05) is 12.1 Å². The molecule has 0 spiro atoms. The molecule has 0 aliphatic carbocycles. The number of alkyl halides is 3. The van der Waals surface area contributed by atoms with Gasteiger partial charge in [0.25, 0.3) is 0 Å². The zero-order valence-corrected chi connectivity index (χ0v) is 19.7. The fourth-order valence-electron chi connectivity index (χ4n) is 3.95. The van der Waals surface area contributed by atoms with E-state index in [0.29, 0.717) is 29.5 Å². The van der Waals surface area contributed by atoms with Crippen LogP contribution < -0.4 is 25.6 Å². The van der Waals surface area contributed by atoms with Crippen molar-refractivity contribution in [2.45, 2.75) is 31.9 Å². The molecule has 4 rings (SSSR count). The summed E-state index contributed by atoms with van der Waals surface area (Å²) in [5, 5.41) is 5.62. The number of methoxy groups -OCH3 is 1. The fraction of sp³-hybridized carbons (Fsp3) is 0.435. The topological polar surface area (TPSA) is 61.4 Å². The molecule has 0 unspecified atom stereocenters. The van der Waals surface area contributed by atoms with Gasteiger partial charge in [-0.2, -0.15) is 28.9 Å². The minimum Gasteiger partial charge on any atom is -0.493 e. The van der Waals surface area contributed by atoms with Gasteiger partial charge in [-0.05, 0) is 62.7 Å². The van der Waals surface area contributed by atoms with Crippen LogP contribution in [0.3, 0.4) is 0 Å². The normalized spacial score (nSPS) is 15.7. The molecule has 1 fully saturated rings. The first-order valence-corrected chi connectivity index (χ1v) is 11.0. The van der Waals surface area contributed by atoms with Crippen LogP contribution in [0.15, 0.2) is 41.5 Å². The molecule has 0 atom stereocenters. The van der Waals surface area contributed by atoms with Crippen LogP contribution in [-0.2, 0) is 6.18 Å². The lowest BCUT2D eigenvalue weighted by molar-refractivity contribution is -0.137. The van der Waals surface area contributed by atoms with Gasteiger partial charge in [-0.1, -0.05) is 6.42 Å². The number of anilines is 2. The van der Waals surface area contributed by atoms with Crippen molar-refractivity contribution in [3.8, 4) is 11.5 Å². The molecule has 0 radical (unpaired) electrons. The standard InChI is InChI=1S/C23H28F3N5O2.ClH/c1-32-21-14-17-16-27-29-31(28-19-8-6-18(7-9-19)23(24,25)26)20(17)15-22(21)33-13-5-12-30-10-3-2-4-11-30;/h6-9,14-16,28-29H,2-5,10-13H2,1H3;1H. The molecule has 2 aliphatic heterocycles. The van der Waals surface area contributed by atoms with Crippen LogP contribution in [0.2, 0.25) is 0 Å². The first-order valence-electron chi connectivity index (χ1n) is 11.0. The van der Waals surface area contributed by atoms with Crippen molar-refractivity contribution in [3.63, 3.8) is 0 Å². The fourth-order valence-corrected chi connectivity index (χ4v) is 3.95. The molecular weight excluding hydrogens is 471 g/mol. The second kappa shape index (κ2) is 11.5. The predicted octanol–water partition coefficient (Wildman–Crippen LogP) is 5.08. The molecule has 186 valence electrons.